The minimum absolute atomic E-state index is 1.09. The van der Waals surface area contributed by atoms with E-state index in [4.69, 9.17) is 0 Å². The van der Waals surface area contributed by atoms with Crippen LogP contribution < -0.4 is 0 Å². The Morgan fingerprint density at radius 2 is 1.21 bits per heavy atom. The minimum atomic E-state index is 1.09. The Balaban J connectivity index is 3.66. The first-order valence-corrected chi connectivity index (χ1v) is 7.96. The topological polar surface area (TPSA) is 0 Å². The van der Waals surface area contributed by atoms with E-state index in [0.717, 1.165) is 20.0 Å². The maximum atomic E-state index is 4.45. The summed E-state index contributed by atoms with van der Waals surface area (Å²) in [4.78, 5) is 0. The summed E-state index contributed by atoms with van der Waals surface area (Å²) >= 11 is 12.5. The van der Waals surface area contributed by atoms with Gasteiger partial charge in [0, 0.05) is 0 Å². The number of rotatable bonds is 8. The third-order valence-electron chi connectivity index (χ3n) is 1.66. The molecule has 0 heterocycles. The molecule has 0 saturated heterocycles. The zero-order valence-electron chi connectivity index (χ0n) is 8.95. The van der Waals surface area contributed by atoms with E-state index in [9.17, 15) is 0 Å². The molecule has 0 aromatic rings. The average Bonchev–Trinajstić information content (AvgIpc) is 2.18. The largest absolute Gasteiger partial charge is 0.135 e. The first kappa shape index (κ1) is 15.1. The smallest absolute Gasteiger partial charge is 0.0569 e. The van der Waals surface area contributed by atoms with Crippen molar-refractivity contribution < 1.29 is 0 Å². The van der Waals surface area contributed by atoms with Crippen molar-refractivity contribution in [3.63, 3.8) is 0 Å². The second-order valence-electron chi connectivity index (χ2n) is 3.01. The maximum Gasteiger partial charge on any atom is 0.0569 e. The molecule has 0 nitrogen and oxygen atoms in total. The molecule has 0 aliphatic carbocycles. The zero-order valence-corrected chi connectivity index (χ0v) is 12.4. The van der Waals surface area contributed by atoms with Crippen molar-refractivity contribution in [2.24, 2.45) is 0 Å². The number of hydrogen-bond acceptors (Lipinski definition) is 4. The molecule has 0 spiro atoms. The Morgan fingerprint density at radius 3 is 1.50 bits per heavy atom. The molecule has 0 amide bonds. The summed E-state index contributed by atoms with van der Waals surface area (Å²) in [5.41, 5.74) is 0. The van der Waals surface area contributed by atoms with E-state index in [1.54, 1.807) is 0 Å². The summed E-state index contributed by atoms with van der Waals surface area (Å²) in [6, 6.07) is 0. The Bertz CT molecular complexity index is 148. The molecule has 14 heavy (non-hydrogen) atoms. The van der Waals surface area contributed by atoms with Gasteiger partial charge in [0.1, 0.15) is 0 Å². The third-order valence-corrected chi connectivity index (χ3v) is 5.43. The summed E-state index contributed by atoms with van der Waals surface area (Å²) in [6.07, 6.45) is 5.02. The van der Waals surface area contributed by atoms with Crippen LogP contribution in [-0.4, -0.2) is 11.5 Å². The van der Waals surface area contributed by atoms with Gasteiger partial charge in [-0.25, -0.2) is 0 Å². The lowest BCUT2D eigenvalue weighted by Gasteiger charge is -2.04. The minimum Gasteiger partial charge on any atom is -0.135 e. The van der Waals surface area contributed by atoms with Crippen molar-refractivity contribution in [1.29, 1.82) is 0 Å². The molecule has 0 radical (unpaired) electrons. The highest BCUT2D eigenvalue weighted by Gasteiger charge is 2.00. The second kappa shape index (κ2) is 10.7. The summed E-state index contributed by atoms with van der Waals surface area (Å²) < 4.78 is 2.17. The van der Waals surface area contributed by atoms with Gasteiger partial charge in [-0.3, -0.25) is 0 Å². The predicted octanol–water partition coefficient (Wildman–Crippen LogP) is 5.04. The van der Waals surface area contributed by atoms with Crippen molar-refractivity contribution in [2.75, 3.05) is 11.5 Å². The fraction of sp³-hybridized carbons (Fsp3) is 0.800. The van der Waals surface area contributed by atoms with Crippen molar-refractivity contribution in [1.82, 2.24) is 0 Å². The molecule has 4 heteroatoms. The number of thiol groups is 2. The lowest BCUT2D eigenvalue weighted by molar-refractivity contribution is 0.897. The van der Waals surface area contributed by atoms with Gasteiger partial charge in [-0.2, -0.15) is 0 Å². The van der Waals surface area contributed by atoms with Crippen LogP contribution in [0.1, 0.15) is 39.5 Å². The molecular weight excluding hydrogens is 248 g/mol. The van der Waals surface area contributed by atoms with Gasteiger partial charge in [-0.15, -0.1) is 48.8 Å². The average molecular weight is 269 g/mol. The van der Waals surface area contributed by atoms with Crippen molar-refractivity contribution in [2.45, 2.75) is 39.5 Å². The number of unbranched alkanes of at least 4 members (excludes halogenated alkanes) is 2. The normalized spacial score (nSPS) is 12.9. The van der Waals surface area contributed by atoms with E-state index in [-0.39, 0.29) is 0 Å². The van der Waals surface area contributed by atoms with E-state index in [0.29, 0.717) is 0 Å². The number of thioether (sulfide) groups is 2. The molecule has 0 rings (SSSR count). The van der Waals surface area contributed by atoms with Gasteiger partial charge >= 0.3 is 0 Å². The quantitative estimate of drug-likeness (QED) is 0.467. The van der Waals surface area contributed by atoms with Crippen LogP contribution in [0.4, 0.5) is 0 Å². The molecule has 0 aromatic carbocycles. The van der Waals surface area contributed by atoms with Gasteiger partial charge in [0.25, 0.3) is 0 Å². The third kappa shape index (κ3) is 8.45. The lowest BCUT2D eigenvalue weighted by atomic mass is 10.4. The zero-order chi connectivity index (χ0) is 10.8. The molecule has 0 aromatic heterocycles. The molecule has 0 bridgehead atoms. The van der Waals surface area contributed by atoms with Gasteiger partial charge in [0.2, 0.25) is 0 Å². The van der Waals surface area contributed by atoms with Crippen LogP contribution in [0.3, 0.4) is 0 Å². The Hall–Kier alpha value is 1.14. The van der Waals surface area contributed by atoms with Crippen LogP contribution in [-0.2, 0) is 0 Å². The fourth-order valence-corrected chi connectivity index (χ4v) is 3.54. The van der Waals surface area contributed by atoms with Crippen molar-refractivity contribution in [3.05, 3.63) is 8.47 Å². The van der Waals surface area contributed by atoms with Crippen LogP contribution >= 0.6 is 48.8 Å². The van der Waals surface area contributed by atoms with Crippen LogP contribution in [0, 0.1) is 0 Å². The summed E-state index contributed by atoms with van der Waals surface area (Å²) in [7, 11) is 0. The van der Waals surface area contributed by atoms with Crippen LogP contribution in [0.25, 0.3) is 0 Å². The molecular formula is C10H20S4. The van der Waals surface area contributed by atoms with E-state index < -0.39 is 0 Å². The van der Waals surface area contributed by atoms with Gasteiger partial charge in [-0.05, 0) is 24.3 Å². The molecule has 0 aliphatic rings. The van der Waals surface area contributed by atoms with Crippen molar-refractivity contribution in [3.8, 4) is 0 Å². The molecule has 0 fully saturated rings. The SMILES string of the molecule is CCCCS/C(S)=C(\S)SCCCC. The molecule has 0 atom stereocenters. The number of hydrogen-bond donors (Lipinski definition) is 2. The highest BCUT2D eigenvalue weighted by Crippen LogP contribution is 2.33. The standard InChI is InChI=1S/C10H20S4/c1-3-5-7-13-9(11)10(12)14-8-6-4-2/h11-12H,3-8H2,1-2H3/b10-9+. The Morgan fingerprint density at radius 1 is 0.857 bits per heavy atom. The Labute approximate surface area is 108 Å². The van der Waals surface area contributed by atoms with Gasteiger partial charge < -0.3 is 0 Å². The molecule has 0 unspecified atom stereocenters. The highest BCUT2D eigenvalue weighted by molar-refractivity contribution is 8.21. The second-order valence-corrected chi connectivity index (χ2v) is 6.72. The van der Waals surface area contributed by atoms with Gasteiger partial charge in [0.05, 0.1) is 8.47 Å². The van der Waals surface area contributed by atoms with Crippen molar-refractivity contribution >= 4 is 48.8 Å². The molecule has 0 saturated carbocycles. The lowest BCUT2D eigenvalue weighted by Crippen LogP contribution is -1.80. The van der Waals surface area contributed by atoms with Crippen LogP contribution in [0.2, 0.25) is 0 Å². The van der Waals surface area contributed by atoms with E-state index in [1.165, 1.54) is 25.7 Å². The summed E-state index contributed by atoms with van der Waals surface area (Å²) in [5, 5.41) is 0. The fourth-order valence-electron chi connectivity index (χ4n) is 0.750. The highest BCUT2D eigenvalue weighted by atomic mass is 32.2. The van der Waals surface area contributed by atoms with E-state index in [1.807, 2.05) is 23.5 Å². The van der Waals surface area contributed by atoms with Gasteiger partial charge in [-0.1, -0.05) is 26.7 Å². The first-order chi connectivity index (χ1) is 6.72. The monoisotopic (exact) mass is 268 g/mol. The predicted molar refractivity (Wildman–Crippen MR) is 79.7 cm³/mol. The van der Waals surface area contributed by atoms with E-state index >= 15 is 0 Å². The van der Waals surface area contributed by atoms with Gasteiger partial charge in [0.15, 0.2) is 0 Å². The van der Waals surface area contributed by atoms with E-state index in [2.05, 4.69) is 39.1 Å². The molecule has 84 valence electrons. The maximum absolute atomic E-state index is 4.45. The Kier molecular flexibility index (Phi) is 11.5. The molecule has 0 N–H and O–H groups in total. The summed E-state index contributed by atoms with van der Waals surface area (Å²) in [5.74, 6) is 2.32. The van der Waals surface area contributed by atoms with Crippen LogP contribution in [0.15, 0.2) is 8.47 Å². The van der Waals surface area contributed by atoms with Crippen LogP contribution in [0.5, 0.6) is 0 Å². The molecule has 0 aliphatic heterocycles. The summed E-state index contributed by atoms with van der Waals surface area (Å²) in [6.45, 7) is 4.42. The first-order valence-electron chi connectivity index (χ1n) is 5.10.